The lowest BCUT2D eigenvalue weighted by Crippen LogP contribution is -2.24. The fraction of sp³-hybridized carbons (Fsp3) is 0.107. The Balaban J connectivity index is 1.44. The number of halogens is 1. The summed E-state index contributed by atoms with van der Waals surface area (Å²) in [6, 6.07) is 17.4. The number of thioether (sulfide) groups is 1. The zero-order valence-corrected chi connectivity index (χ0v) is 23.3. The van der Waals surface area contributed by atoms with Crippen LogP contribution >= 0.6 is 34.7 Å². The van der Waals surface area contributed by atoms with Crippen molar-refractivity contribution in [2.75, 3.05) is 10.6 Å². The highest BCUT2D eigenvalue weighted by Crippen LogP contribution is 2.32. The minimum Gasteiger partial charge on any atom is -0.478 e. The van der Waals surface area contributed by atoms with Crippen molar-refractivity contribution in [3.05, 3.63) is 93.8 Å². The van der Waals surface area contributed by atoms with E-state index in [0.717, 1.165) is 17.7 Å². The molecule has 1 unspecified atom stereocenters. The molecular formula is C28H22ClN3O6S2. The molecule has 204 valence electrons. The summed E-state index contributed by atoms with van der Waals surface area (Å²) in [5.41, 5.74) is 0.974. The number of nitrogens with zero attached hydrogens (tertiary/aromatic N) is 1. The van der Waals surface area contributed by atoms with Crippen LogP contribution in [-0.2, 0) is 4.79 Å². The predicted octanol–water partition coefficient (Wildman–Crippen LogP) is 6.62. The van der Waals surface area contributed by atoms with Crippen LogP contribution in [0.2, 0.25) is 5.02 Å². The Morgan fingerprint density at radius 1 is 0.950 bits per heavy atom. The molecule has 1 atom stereocenters. The number of carbonyl (C=O) groups excluding carboxylic acids is 2. The molecule has 0 spiro atoms. The molecule has 2 amide bonds. The van der Waals surface area contributed by atoms with Gasteiger partial charge in [0.15, 0.2) is 5.13 Å². The highest BCUT2D eigenvalue weighted by Gasteiger charge is 2.22. The third kappa shape index (κ3) is 6.87. The van der Waals surface area contributed by atoms with Crippen molar-refractivity contribution >= 4 is 69.3 Å². The van der Waals surface area contributed by atoms with Gasteiger partial charge < -0.3 is 20.8 Å². The molecule has 1 heterocycles. The van der Waals surface area contributed by atoms with Gasteiger partial charge in [0, 0.05) is 26.5 Å². The number of thiazole rings is 1. The van der Waals surface area contributed by atoms with Gasteiger partial charge in [0.25, 0.3) is 5.91 Å². The monoisotopic (exact) mass is 595 g/mol. The molecule has 0 fully saturated rings. The summed E-state index contributed by atoms with van der Waals surface area (Å²) < 4.78 is 0. The maximum Gasteiger partial charge on any atom is 0.336 e. The Bertz CT molecular complexity index is 1610. The zero-order chi connectivity index (χ0) is 28.8. The molecule has 4 rings (SSSR count). The van der Waals surface area contributed by atoms with Crippen molar-refractivity contribution in [3.8, 4) is 11.3 Å². The zero-order valence-electron chi connectivity index (χ0n) is 20.9. The van der Waals surface area contributed by atoms with E-state index < -0.39 is 28.7 Å². The van der Waals surface area contributed by atoms with Crippen LogP contribution in [0.1, 0.15) is 44.4 Å². The number of nitrogens with one attached hydrogen (secondary N) is 2. The SMILES string of the molecule is CCC(Sc1cccc(NC(=O)c2ccc(C(=O)O)cc2C(=O)O)c1)C(=O)Nc1nc(-c2ccccc2Cl)cs1. The maximum absolute atomic E-state index is 13.0. The quantitative estimate of drug-likeness (QED) is 0.150. The van der Waals surface area contributed by atoms with Crippen LogP contribution in [-0.4, -0.2) is 44.2 Å². The minimum absolute atomic E-state index is 0.180. The highest BCUT2D eigenvalue weighted by molar-refractivity contribution is 8.00. The number of hydrogen-bond acceptors (Lipinski definition) is 7. The summed E-state index contributed by atoms with van der Waals surface area (Å²) in [6.07, 6.45) is 0.522. The van der Waals surface area contributed by atoms with Gasteiger partial charge in [0.1, 0.15) is 0 Å². The molecule has 0 aliphatic heterocycles. The molecule has 0 saturated heterocycles. The fourth-order valence-corrected chi connectivity index (χ4v) is 5.65. The first-order valence-corrected chi connectivity index (χ1v) is 14.0. The number of anilines is 2. The number of carboxylic acids is 2. The molecule has 12 heteroatoms. The Morgan fingerprint density at radius 2 is 1.73 bits per heavy atom. The summed E-state index contributed by atoms with van der Waals surface area (Å²) in [5.74, 6) is -3.66. The normalized spacial score (nSPS) is 11.4. The smallest absolute Gasteiger partial charge is 0.336 e. The van der Waals surface area contributed by atoms with Gasteiger partial charge in [-0.3, -0.25) is 9.59 Å². The topological polar surface area (TPSA) is 146 Å². The first-order chi connectivity index (χ1) is 19.2. The number of amides is 2. The molecule has 4 N–H and O–H groups in total. The molecule has 40 heavy (non-hydrogen) atoms. The van der Waals surface area contributed by atoms with Crippen molar-refractivity contribution in [2.45, 2.75) is 23.5 Å². The van der Waals surface area contributed by atoms with Gasteiger partial charge in [0.05, 0.1) is 27.6 Å². The van der Waals surface area contributed by atoms with E-state index in [1.807, 2.05) is 30.5 Å². The van der Waals surface area contributed by atoms with Gasteiger partial charge >= 0.3 is 11.9 Å². The van der Waals surface area contributed by atoms with Crippen LogP contribution in [0.15, 0.2) is 77.0 Å². The predicted molar refractivity (Wildman–Crippen MR) is 156 cm³/mol. The Morgan fingerprint density at radius 3 is 2.42 bits per heavy atom. The third-order valence-electron chi connectivity index (χ3n) is 5.66. The lowest BCUT2D eigenvalue weighted by Gasteiger charge is -2.15. The molecule has 0 bridgehead atoms. The summed E-state index contributed by atoms with van der Waals surface area (Å²) in [7, 11) is 0. The van der Waals surface area contributed by atoms with Crippen LogP contribution in [0.3, 0.4) is 0 Å². The summed E-state index contributed by atoms with van der Waals surface area (Å²) in [5, 5.41) is 26.5. The van der Waals surface area contributed by atoms with Gasteiger partial charge in [0.2, 0.25) is 5.91 Å². The van der Waals surface area contributed by atoms with Crippen molar-refractivity contribution in [2.24, 2.45) is 0 Å². The molecule has 0 aliphatic carbocycles. The first kappa shape index (κ1) is 28.8. The molecule has 3 aromatic carbocycles. The van der Waals surface area contributed by atoms with Crippen molar-refractivity contribution in [1.82, 2.24) is 4.98 Å². The standard InChI is InChI=1S/C28H22ClN3O6S2/c1-2-23(25(34)32-28-31-22(14-39-28)19-8-3-4-9-21(19)29)40-17-7-5-6-16(13-17)30-24(33)18-11-10-15(26(35)36)12-20(18)27(37)38/h3-14,23H,2H2,1H3,(H,30,33)(H,35,36)(H,37,38)(H,31,32,34). The number of aromatic carboxylic acids is 2. The Labute approximate surface area is 242 Å². The summed E-state index contributed by atoms with van der Waals surface area (Å²) in [4.78, 5) is 53.9. The van der Waals surface area contributed by atoms with Crippen LogP contribution < -0.4 is 10.6 Å². The van der Waals surface area contributed by atoms with Crippen molar-refractivity contribution < 1.29 is 29.4 Å². The van der Waals surface area contributed by atoms with E-state index >= 15 is 0 Å². The minimum atomic E-state index is -1.42. The van der Waals surface area contributed by atoms with Crippen molar-refractivity contribution in [1.29, 1.82) is 0 Å². The van der Waals surface area contributed by atoms with Crippen LogP contribution in [0.25, 0.3) is 11.3 Å². The number of aromatic nitrogens is 1. The van der Waals surface area contributed by atoms with E-state index in [0.29, 0.717) is 32.9 Å². The summed E-state index contributed by atoms with van der Waals surface area (Å²) in [6.45, 7) is 1.88. The van der Waals surface area contributed by atoms with E-state index in [1.54, 1.807) is 30.3 Å². The van der Waals surface area contributed by atoms with E-state index in [-0.39, 0.29) is 17.0 Å². The average Bonchev–Trinajstić information content (AvgIpc) is 3.39. The van der Waals surface area contributed by atoms with Crippen LogP contribution in [0, 0.1) is 0 Å². The van der Waals surface area contributed by atoms with Crippen LogP contribution in [0.4, 0.5) is 10.8 Å². The van der Waals surface area contributed by atoms with Gasteiger partial charge in [-0.15, -0.1) is 23.1 Å². The van der Waals surface area contributed by atoms with E-state index in [2.05, 4.69) is 15.6 Å². The second-order valence-corrected chi connectivity index (χ2v) is 10.9. The van der Waals surface area contributed by atoms with Gasteiger partial charge in [-0.2, -0.15) is 0 Å². The number of carboxylic acid groups (broad SMARTS) is 2. The second-order valence-electron chi connectivity index (χ2n) is 8.37. The average molecular weight is 596 g/mol. The molecular weight excluding hydrogens is 574 g/mol. The third-order valence-corrected chi connectivity index (χ3v) is 8.10. The number of rotatable bonds is 10. The second kappa shape index (κ2) is 12.8. The number of carbonyl (C=O) groups is 4. The maximum atomic E-state index is 13.0. The van der Waals surface area contributed by atoms with E-state index in [4.69, 9.17) is 16.7 Å². The largest absolute Gasteiger partial charge is 0.478 e. The van der Waals surface area contributed by atoms with E-state index in [1.165, 1.54) is 29.2 Å². The lowest BCUT2D eigenvalue weighted by molar-refractivity contribution is -0.115. The Hall–Kier alpha value is -4.19. The first-order valence-electron chi connectivity index (χ1n) is 11.9. The molecule has 0 radical (unpaired) electrons. The highest BCUT2D eigenvalue weighted by atomic mass is 35.5. The molecule has 9 nitrogen and oxygen atoms in total. The number of benzene rings is 3. The number of hydrogen-bond donors (Lipinski definition) is 4. The molecule has 0 aliphatic rings. The lowest BCUT2D eigenvalue weighted by atomic mass is 10.0. The molecule has 1 aromatic heterocycles. The fourth-order valence-electron chi connectivity index (χ4n) is 3.69. The Kier molecular flexibility index (Phi) is 9.20. The van der Waals surface area contributed by atoms with Crippen LogP contribution in [0.5, 0.6) is 0 Å². The molecule has 4 aromatic rings. The van der Waals surface area contributed by atoms with E-state index in [9.17, 15) is 24.3 Å². The van der Waals surface area contributed by atoms with Gasteiger partial charge in [-0.05, 0) is 48.9 Å². The van der Waals surface area contributed by atoms with Crippen molar-refractivity contribution in [3.63, 3.8) is 0 Å². The van der Waals surface area contributed by atoms with Gasteiger partial charge in [-0.1, -0.05) is 42.8 Å². The summed E-state index contributed by atoms with van der Waals surface area (Å²) >= 11 is 8.86. The molecule has 0 saturated carbocycles. The van der Waals surface area contributed by atoms with Gasteiger partial charge in [-0.25, -0.2) is 14.6 Å².